The van der Waals surface area contributed by atoms with Crippen LogP contribution in [0.4, 0.5) is 4.79 Å². The molecular weight excluding hydrogens is 230 g/mol. The van der Waals surface area contributed by atoms with Gasteiger partial charge in [0.05, 0.1) is 13.7 Å². The van der Waals surface area contributed by atoms with Crippen molar-refractivity contribution in [3.63, 3.8) is 0 Å². The van der Waals surface area contributed by atoms with Crippen LogP contribution in [0.25, 0.3) is 0 Å². The summed E-state index contributed by atoms with van der Waals surface area (Å²) in [5, 5.41) is 2.71. The fourth-order valence-corrected chi connectivity index (χ4v) is 1.82. The molecular formula is C14H21NO3. The summed E-state index contributed by atoms with van der Waals surface area (Å²) in [6.07, 6.45) is 0.426. The molecule has 0 heterocycles. The number of aryl methyl sites for hydroxylation is 2. The number of benzene rings is 1. The molecule has 0 saturated carbocycles. The van der Waals surface area contributed by atoms with Gasteiger partial charge in [0.2, 0.25) is 0 Å². The highest BCUT2D eigenvalue weighted by atomic mass is 16.5. The Labute approximate surface area is 108 Å². The molecule has 0 saturated heterocycles. The van der Waals surface area contributed by atoms with Gasteiger partial charge in [-0.15, -0.1) is 0 Å². The molecule has 1 rings (SSSR count). The molecule has 0 fully saturated rings. The average molecular weight is 251 g/mol. The van der Waals surface area contributed by atoms with Crippen LogP contribution < -0.4 is 10.1 Å². The van der Waals surface area contributed by atoms with Crippen LogP contribution in [-0.4, -0.2) is 26.4 Å². The first kappa shape index (κ1) is 14.4. The van der Waals surface area contributed by atoms with Crippen LogP contribution in [0.1, 0.15) is 23.6 Å². The molecule has 1 aromatic carbocycles. The van der Waals surface area contributed by atoms with Gasteiger partial charge in [0.1, 0.15) is 5.75 Å². The third-order valence-corrected chi connectivity index (χ3v) is 2.79. The summed E-state index contributed by atoms with van der Waals surface area (Å²) in [6.45, 7) is 6.82. The number of rotatable bonds is 5. The maximum atomic E-state index is 11.1. The van der Waals surface area contributed by atoms with E-state index in [-0.39, 0.29) is 6.09 Å². The lowest BCUT2D eigenvalue weighted by Crippen LogP contribution is -2.26. The van der Waals surface area contributed by atoms with Crippen LogP contribution in [0.2, 0.25) is 0 Å². The topological polar surface area (TPSA) is 47.6 Å². The highest BCUT2D eigenvalue weighted by Gasteiger charge is 2.06. The number of ether oxygens (including phenoxy) is 2. The van der Waals surface area contributed by atoms with Crippen LogP contribution in [-0.2, 0) is 11.2 Å². The van der Waals surface area contributed by atoms with E-state index in [4.69, 9.17) is 9.47 Å². The second kappa shape index (κ2) is 6.89. The van der Waals surface area contributed by atoms with E-state index in [1.54, 1.807) is 14.0 Å². The van der Waals surface area contributed by atoms with Crippen molar-refractivity contribution in [2.24, 2.45) is 0 Å². The Hall–Kier alpha value is -1.71. The third kappa shape index (κ3) is 3.95. The minimum absolute atomic E-state index is 0.361. The Bertz CT molecular complexity index is 416. The maximum absolute atomic E-state index is 11.1. The van der Waals surface area contributed by atoms with Gasteiger partial charge in [-0.1, -0.05) is 6.07 Å². The van der Waals surface area contributed by atoms with E-state index in [0.717, 1.165) is 17.7 Å². The first-order chi connectivity index (χ1) is 8.58. The molecule has 0 bridgehead atoms. The second-order valence-corrected chi connectivity index (χ2v) is 4.15. The zero-order chi connectivity index (χ0) is 13.5. The largest absolute Gasteiger partial charge is 0.496 e. The van der Waals surface area contributed by atoms with Gasteiger partial charge in [-0.25, -0.2) is 4.79 Å². The van der Waals surface area contributed by atoms with Crippen LogP contribution in [0, 0.1) is 13.8 Å². The molecule has 0 unspecified atom stereocenters. The van der Waals surface area contributed by atoms with Crippen LogP contribution in [0.3, 0.4) is 0 Å². The Morgan fingerprint density at radius 3 is 2.61 bits per heavy atom. The number of carbonyl (C=O) groups is 1. The van der Waals surface area contributed by atoms with E-state index >= 15 is 0 Å². The Morgan fingerprint density at radius 1 is 1.28 bits per heavy atom. The van der Waals surface area contributed by atoms with Crippen molar-refractivity contribution in [3.8, 4) is 5.75 Å². The molecule has 4 heteroatoms. The smallest absolute Gasteiger partial charge is 0.407 e. The van der Waals surface area contributed by atoms with Crippen LogP contribution >= 0.6 is 0 Å². The van der Waals surface area contributed by atoms with E-state index in [9.17, 15) is 4.79 Å². The Kier molecular flexibility index (Phi) is 5.49. The fourth-order valence-electron chi connectivity index (χ4n) is 1.82. The van der Waals surface area contributed by atoms with Crippen LogP contribution in [0.15, 0.2) is 12.1 Å². The number of nitrogens with one attached hydrogen (secondary N) is 1. The number of amides is 1. The summed E-state index contributed by atoms with van der Waals surface area (Å²) >= 11 is 0. The first-order valence-corrected chi connectivity index (χ1v) is 6.13. The zero-order valence-corrected chi connectivity index (χ0v) is 11.5. The van der Waals surface area contributed by atoms with Gasteiger partial charge < -0.3 is 14.8 Å². The Balaban J connectivity index is 2.57. The molecule has 0 aromatic heterocycles. The van der Waals surface area contributed by atoms with Gasteiger partial charge >= 0.3 is 6.09 Å². The molecule has 0 aliphatic carbocycles. The predicted octanol–water partition coefficient (Wildman–Crippen LogP) is 2.60. The molecule has 4 nitrogen and oxygen atoms in total. The number of alkyl carbamates (subject to hydrolysis) is 1. The molecule has 0 aliphatic heterocycles. The maximum Gasteiger partial charge on any atom is 0.407 e. The third-order valence-electron chi connectivity index (χ3n) is 2.79. The molecule has 0 aliphatic rings. The molecule has 0 atom stereocenters. The van der Waals surface area contributed by atoms with E-state index in [1.807, 2.05) is 19.9 Å². The lowest BCUT2D eigenvalue weighted by atomic mass is 10.0. The van der Waals surface area contributed by atoms with Crippen molar-refractivity contribution in [1.82, 2.24) is 5.32 Å². The van der Waals surface area contributed by atoms with E-state index in [1.165, 1.54) is 11.1 Å². The van der Waals surface area contributed by atoms with E-state index < -0.39 is 0 Å². The lowest BCUT2D eigenvalue weighted by molar-refractivity contribution is 0.152. The molecule has 0 spiro atoms. The summed E-state index contributed by atoms with van der Waals surface area (Å²) in [5.41, 5.74) is 3.49. The standard InChI is InChI=1S/C14H21NO3/c1-5-18-14(16)15-7-6-12-8-11(3)13(17-4)9-10(12)2/h8-9H,5-7H2,1-4H3,(H,15,16). The molecule has 18 heavy (non-hydrogen) atoms. The summed E-state index contributed by atoms with van der Waals surface area (Å²) < 4.78 is 10.1. The molecule has 0 radical (unpaired) electrons. The summed E-state index contributed by atoms with van der Waals surface area (Å²) in [7, 11) is 1.67. The number of carbonyl (C=O) groups excluding carboxylic acids is 1. The normalized spacial score (nSPS) is 10.0. The number of methoxy groups -OCH3 is 1. The number of hydrogen-bond donors (Lipinski definition) is 1. The van der Waals surface area contributed by atoms with E-state index in [0.29, 0.717) is 13.2 Å². The highest BCUT2D eigenvalue weighted by molar-refractivity contribution is 5.67. The molecule has 1 aromatic rings. The second-order valence-electron chi connectivity index (χ2n) is 4.15. The van der Waals surface area contributed by atoms with E-state index in [2.05, 4.69) is 11.4 Å². The molecule has 100 valence electrons. The lowest BCUT2D eigenvalue weighted by Gasteiger charge is -2.11. The quantitative estimate of drug-likeness (QED) is 0.875. The van der Waals surface area contributed by atoms with Gasteiger partial charge in [0.25, 0.3) is 0 Å². The van der Waals surface area contributed by atoms with Crippen molar-refractivity contribution < 1.29 is 14.3 Å². The van der Waals surface area contributed by atoms with Crippen molar-refractivity contribution in [1.29, 1.82) is 0 Å². The number of hydrogen-bond acceptors (Lipinski definition) is 3. The van der Waals surface area contributed by atoms with Gasteiger partial charge in [-0.05, 0) is 49.9 Å². The highest BCUT2D eigenvalue weighted by Crippen LogP contribution is 2.22. The van der Waals surface area contributed by atoms with Gasteiger partial charge in [-0.3, -0.25) is 0 Å². The van der Waals surface area contributed by atoms with Crippen molar-refractivity contribution >= 4 is 6.09 Å². The Morgan fingerprint density at radius 2 is 2.00 bits per heavy atom. The average Bonchev–Trinajstić information content (AvgIpc) is 2.33. The van der Waals surface area contributed by atoms with Crippen molar-refractivity contribution in [2.75, 3.05) is 20.3 Å². The van der Waals surface area contributed by atoms with Crippen molar-refractivity contribution in [3.05, 3.63) is 28.8 Å². The minimum Gasteiger partial charge on any atom is -0.496 e. The van der Waals surface area contributed by atoms with Gasteiger partial charge in [-0.2, -0.15) is 0 Å². The van der Waals surface area contributed by atoms with Gasteiger partial charge in [0, 0.05) is 6.54 Å². The van der Waals surface area contributed by atoms with Crippen LogP contribution in [0.5, 0.6) is 5.75 Å². The SMILES string of the molecule is CCOC(=O)NCCc1cc(C)c(OC)cc1C. The summed E-state index contributed by atoms with van der Waals surface area (Å²) in [4.78, 5) is 11.1. The molecule has 1 N–H and O–H groups in total. The summed E-state index contributed by atoms with van der Waals surface area (Å²) in [6, 6.07) is 4.12. The van der Waals surface area contributed by atoms with Gasteiger partial charge in [0.15, 0.2) is 0 Å². The minimum atomic E-state index is -0.361. The zero-order valence-electron chi connectivity index (χ0n) is 11.5. The first-order valence-electron chi connectivity index (χ1n) is 6.13. The predicted molar refractivity (Wildman–Crippen MR) is 71.2 cm³/mol. The molecule has 1 amide bonds. The summed E-state index contributed by atoms with van der Waals surface area (Å²) in [5.74, 6) is 0.898. The monoisotopic (exact) mass is 251 g/mol. The van der Waals surface area contributed by atoms with Crippen molar-refractivity contribution in [2.45, 2.75) is 27.2 Å². The fraction of sp³-hybridized carbons (Fsp3) is 0.500.